The molecule has 2 N–H and O–H groups in total. The highest BCUT2D eigenvalue weighted by atomic mass is 35.5. The molecule has 0 unspecified atom stereocenters. The van der Waals surface area contributed by atoms with E-state index in [2.05, 4.69) is 0 Å². The Labute approximate surface area is 120 Å². The zero-order chi connectivity index (χ0) is 13.9. The van der Waals surface area contributed by atoms with Crippen LogP contribution in [0.1, 0.15) is 31.0 Å². The van der Waals surface area contributed by atoms with Crippen molar-refractivity contribution in [3.63, 3.8) is 0 Å². The molecule has 0 spiro atoms. The van der Waals surface area contributed by atoms with Crippen molar-refractivity contribution in [1.82, 2.24) is 0 Å². The van der Waals surface area contributed by atoms with Crippen LogP contribution in [-0.2, 0) is 9.53 Å². The lowest BCUT2D eigenvalue weighted by Gasteiger charge is -2.30. The van der Waals surface area contributed by atoms with Crippen LogP contribution < -0.4 is 10.5 Å². The van der Waals surface area contributed by atoms with Crippen molar-refractivity contribution in [3.8, 4) is 5.75 Å². The van der Waals surface area contributed by atoms with Crippen molar-refractivity contribution in [2.24, 2.45) is 11.1 Å². The van der Waals surface area contributed by atoms with E-state index in [1.54, 1.807) is 21.0 Å². The van der Waals surface area contributed by atoms with Gasteiger partial charge in [0, 0.05) is 6.04 Å². The van der Waals surface area contributed by atoms with Gasteiger partial charge in [0.1, 0.15) is 5.75 Å². The molecule has 4 nitrogen and oxygen atoms in total. The lowest BCUT2D eigenvalue weighted by molar-refractivity contribution is -0.152. The van der Waals surface area contributed by atoms with Crippen molar-refractivity contribution < 1.29 is 14.3 Å². The Morgan fingerprint density at radius 1 is 1.32 bits per heavy atom. The molecule has 5 heteroatoms. The van der Waals surface area contributed by atoms with Crippen molar-refractivity contribution in [1.29, 1.82) is 0 Å². The lowest BCUT2D eigenvalue weighted by atomic mass is 9.79. The van der Waals surface area contributed by atoms with Crippen molar-refractivity contribution in [3.05, 3.63) is 29.3 Å². The van der Waals surface area contributed by atoms with Gasteiger partial charge in [-0.3, -0.25) is 4.79 Å². The average molecular weight is 288 g/mol. The molecule has 0 aliphatic heterocycles. The van der Waals surface area contributed by atoms with Crippen LogP contribution in [0, 0.1) is 12.3 Å². The second-order valence-corrected chi connectivity index (χ2v) is 4.91. The maximum absolute atomic E-state index is 11.8. The Hall–Kier alpha value is -1.26. The monoisotopic (exact) mass is 287 g/mol. The molecule has 0 bridgehead atoms. The van der Waals surface area contributed by atoms with Gasteiger partial charge in [0.15, 0.2) is 0 Å². The Bertz CT molecular complexity index is 446. The van der Waals surface area contributed by atoms with Crippen LogP contribution in [0.5, 0.6) is 5.75 Å². The number of hydrogen-bond donors (Lipinski definition) is 1. The van der Waals surface area contributed by atoms with E-state index in [4.69, 9.17) is 15.2 Å². The van der Waals surface area contributed by atoms with Crippen LogP contribution in [0.15, 0.2) is 18.2 Å². The van der Waals surface area contributed by atoms with Gasteiger partial charge < -0.3 is 15.2 Å². The number of esters is 1. The highest BCUT2D eigenvalue weighted by Crippen LogP contribution is 2.34. The van der Waals surface area contributed by atoms with Crippen molar-refractivity contribution in [2.75, 3.05) is 14.2 Å². The molecule has 19 heavy (non-hydrogen) atoms. The zero-order valence-electron chi connectivity index (χ0n) is 12.0. The van der Waals surface area contributed by atoms with Gasteiger partial charge in [-0.05, 0) is 44.0 Å². The van der Waals surface area contributed by atoms with Crippen LogP contribution in [-0.4, -0.2) is 20.2 Å². The van der Waals surface area contributed by atoms with E-state index in [9.17, 15) is 4.79 Å². The summed E-state index contributed by atoms with van der Waals surface area (Å²) in [5.74, 6) is 0.463. The Morgan fingerprint density at radius 3 is 2.32 bits per heavy atom. The molecule has 1 aromatic carbocycles. The van der Waals surface area contributed by atoms with E-state index < -0.39 is 11.5 Å². The highest BCUT2D eigenvalue weighted by molar-refractivity contribution is 5.85. The number of nitrogens with two attached hydrogens (primary N) is 1. The van der Waals surface area contributed by atoms with Gasteiger partial charge in [-0.15, -0.1) is 12.4 Å². The summed E-state index contributed by atoms with van der Waals surface area (Å²) in [6.45, 7) is 5.52. The summed E-state index contributed by atoms with van der Waals surface area (Å²) in [6.07, 6.45) is 0. The Balaban J connectivity index is 0.00000324. The number of benzene rings is 1. The number of ether oxygens (including phenoxy) is 2. The van der Waals surface area contributed by atoms with Gasteiger partial charge in [0.2, 0.25) is 0 Å². The van der Waals surface area contributed by atoms with Gasteiger partial charge in [-0.25, -0.2) is 0 Å². The minimum Gasteiger partial charge on any atom is -0.497 e. The third-order valence-electron chi connectivity index (χ3n) is 3.30. The standard InChI is InChI=1S/C14H21NO3.ClH/c1-9-8-10(17-4)6-7-11(9)12(15)14(2,3)13(16)18-5;/h6-8,12H,15H2,1-5H3;1H/t12-;/m1./s1. The first-order valence-electron chi connectivity index (χ1n) is 5.83. The lowest BCUT2D eigenvalue weighted by Crippen LogP contribution is -2.37. The first-order chi connectivity index (χ1) is 8.34. The van der Waals surface area contributed by atoms with Gasteiger partial charge in [-0.1, -0.05) is 6.07 Å². The number of carbonyl (C=O) groups is 1. The number of hydrogen-bond acceptors (Lipinski definition) is 4. The molecule has 1 rings (SSSR count). The molecule has 0 radical (unpaired) electrons. The number of carbonyl (C=O) groups excluding carboxylic acids is 1. The second-order valence-electron chi connectivity index (χ2n) is 4.91. The summed E-state index contributed by atoms with van der Waals surface area (Å²) in [6, 6.07) is 5.22. The molecule has 0 aliphatic carbocycles. The molecule has 0 saturated heterocycles. The summed E-state index contributed by atoms with van der Waals surface area (Å²) in [7, 11) is 2.99. The number of halogens is 1. The molecule has 1 atom stereocenters. The fraction of sp³-hybridized carbons (Fsp3) is 0.500. The summed E-state index contributed by atoms with van der Waals surface area (Å²) in [5, 5.41) is 0. The van der Waals surface area contributed by atoms with E-state index in [1.165, 1.54) is 7.11 Å². The molecule has 108 valence electrons. The van der Waals surface area contributed by atoms with Crippen LogP contribution in [0.2, 0.25) is 0 Å². The normalized spacial score (nSPS) is 12.3. The van der Waals surface area contributed by atoms with E-state index in [1.807, 2.05) is 25.1 Å². The van der Waals surface area contributed by atoms with Gasteiger partial charge in [0.05, 0.1) is 19.6 Å². The molecular formula is C14H22ClNO3. The third kappa shape index (κ3) is 3.61. The predicted molar refractivity (Wildman–Crippen MR) is 77.7 cm³/mol. The Kier molecular flexibility index (Phi) is 6.33. The summed E-state index contributed by atoms with van der Waals surface area (Å²) in [5.41, 5.74) is 7.35. The quantitative estimate of drug-likeness (QED) is 0.865. The molecule has 0 aliphatic rings. The van der Waals surface area contributed by atoms with E-state index in [0.717, 1.165) is 16.9 Å². The second kappa shape index (κ2) is 6.78. The van der Waals surface area contributed by atoms with Crippen LogP contribution >= 0.6 is 12.4 Å². The van der Waals surface area contributed by atoms with Crippen LogP contribution in [0.3, 0.4) is 0 Å². The SMILES string of the molecule is COC(=O)C(C)(C)[C@H](N)c1ccc(OC)cc1C.Cl. The summed E-state index contributed by atoms with van der Waals surface area (Å²) < 4.78 is 9.95. The number of methoxy groups -OCH3 is 2. The zero-order valence-corrected chi connectivity index (χ0v) is 12.8. The van der Waals surface area contributed by atoms with Gasteiger partial charge in [0.25, 0.3) is 0 Å². The Morgan fingerprint density at radius 2 is 1.89 bits per heavy atom. The summed E-state index contributed by atoms with van der Waals surface area (Å²) >= 11 is 0. The minimum atomic E-state index is -0.770. The average Bonchev–Trinajstić information content (AvgIpc) is 2.36. The molecule has 0 saturated carbocycles. The first-order valence-corrected chi connectivity index (χ1v) is 5.83. The van der Waals surface area contributed by atoms with Gasteiger partial charge >= 0.3 is 5.97 Å². The number of rotatable bonds is 4. The fourth-order valence-corrected chi connectivity index (χ4v) is 1.90. The largest absolute Gasteiger partial charge is 0.497 e. The minimum absolute atomic E-state index is 0. The number of aryl methyl sites for hydroxylation is 1. The van der Waals surface area contributed by atoms with Crippen LogP contribution in [0.4, 0.5) is 0 Å². The summed E-state index contributed by atoms with van der Waals surface area (Å²) in [4.78, 5) is 11.8. The maximum atomic E-state index is 11.8. The van der Waals surface area contributed by atoms with Crippen molar-refractivity contribution in [2.45, 2.75) is 26.8 Å². The molecule has 0 fully saturated rings. The first kappa shape index (κ1) is 17.7. The van der Waals surface area contributed by atoms with E-state index >= 15 is 0 Å². The molecule has 0 heterocycles. The van der Waals surface area contributed by atoms with Crippen LogP contribution in [0.25, 0.3) is 0 Å². The van der Waals surface area contributed by atoms with E-state index in [0.29, 0.717) is 0 Å². The molecule has 0 aromatic heterocycles. The topological polar surface area (TPSA) is 61.5 Å². The predicted octanol–water partition coefficient (Wildman–Crippen LogP) is 2.62. The van der Waals surface area contributed by atoms with Gasteiger partial charge in [-0.2, -0.15) is 0 Å². The smallest absolute Gasteiger partial charge is 0.313 e. The van der Waals surface area contributed by atoms with Crippen molar-refractivity contribution >= 4 is 18.4 Å². The van der Waals surface area contributed by atoms with E-state index in [-0.39, 0.29) is 18.4 Å². The molecule has 0 amide bonds. The third-order valence-corrected chi connectivity index (χ3v) is 3.30. The fourth-order valence-electron chi connectivity index (χ4n) is 1.90. The maximum Gasteiger partial charge on any atom is 0.313 e. The molecule has 1 aromatic rings. The highest BCUT2D eigenvalue weighted by Gasteiger charge is 2.37. The molecular weight excluding hydrogens is 266 g/mol.